The normalized spacial score (nSPS) is 9.89. The van der Waals surface area contributed by atoms with Gasteiger partial charge in [0.05, 0.1) is 4.92 Å². The summed E-state index contributed by atoms with van der Waals surface area (Å²) >= 11 is 1.66. The first kappa shape index (κ1) is 15.3. The van der Waals surface area contributed by atoms with Gasteiger partial charge in [-0.25, -0.2) is 0 Å². The van der Waals surface area contributed by atoms with Crippen LogP contribution in [0.1, 0.15) is 12.0 Å². The van der Waals surface area contributed by atoms with Crippen LogP contribution in [0.25, 0.3) is 0 Å². The first-order valence-corrected chi connectivity index (χ1v) is 6.96. The lowest BCUT2D eigenvalue weighted by atomic mass is 10.1. The minimum Gasteiger partial charge on any atom is -0.396 e. The molecule has 0 fully saturated rings. The van der Waals surface area contributed by atoms with Crippen LogP contribution >= 0.6 is 11.8 Å². The third-order valence-corrected chi connectivity index (χ3v) is 3.42. The monoisotopic (exact) mass is 281 g/mol. The Morgan fingerprint density at radius 3 is 2.89 bits per heavy atom. The molecule has 0 saturated heterocycles. The van der Waals surface area contributed by atoms with Crippen LogP contribution in [0.2, 0.25) is 0 Å². The van der Waals surface area contributed by atoms with E-state index >= 15 is 0 Å². The first-order valence-electron chi connectivity index (χ1n) is 5.80. The van der Waals surface area contributed by atoms with Crippen LogP contribution in [0.15, 0.2) is 18.2 Å². The molecule has 0 aliphatic rings. The highest BCUT2D eigenvalue weighted by molar-refractivity contribution is 7.99. The maximum Gasteiger partial charge on any atom is 0.309 e. The summed E-state index contributed by atoms with van der Waals surface area (Å²) in [4.78, 5) is 10.4. The highest BCUT2D eigenvalue weighted by Gasteiger charge is 2.18. The fourth-order valence-electron chi connectivity index (χ4n) is 1.50. The van der Waals surface area contributed by atoms with E-state index in [-0.39, 0.29) is 17.9 Å². The first-order chi connectivity index (χ1) is 9.20. The van der Waals surface area contributed by atoms with Crippen LogP contribution in [-0.4, -0.2) is 34.7 Å². The van der Waals surface area contributed by atoms with Crippen molar-refractivity contribution in [3.05, 3.63) is 33.9 Å². The number of nitrogens with zero attached hydrogens (tertiary/aromatic N) is 2. The van der Waals surface area contributed by atoms with Crippen molar-refractivity contribution in [3.8, 4) is 6.07 Å². The Balaban J connectivity index is 2.59. The lowest BCUT2D eigenvalue weighted by Crippen LogP contribution is -2.07. The molecule has 2 N–H and O–H groups in total. The van der Waals surface area contributed by atoms with Gasteiger partial charge in [0.1, 0.15) is 17.3 Å². The average molecular weight is 281 g/mol. The van der Waals surface area contributed by atoms with Gasteiger partial charge >= 0.3 is 5.69 Å². The van der Waals surface area contributed by atoms with Crippen molar-refractivity contribution in [2.24, 2.45) is 0 Å². The number of nitriles is 1. The SMILES string of the molecule is N#Cc1cccc(NCCSCCCO)c1[N+](=O)[O-]. The van der Waals surface area contributed by atoms with E-state index < -0.39 is 4.92 Å². The summed E-state index contributed by atoms with van der Waals surface area (Å²) in [6, 6.07) is 6.46. The number of thioether (sulfide) groups is 1. The second-order valence-corrected chi connectivity index (χ2v) is 4.91. The summed E-state index contributed by atoms with van der Waals surface area (Å²) in [5, 5.41) is 31.4. The van der Waals surface area contributed by atoms with Crippen molar-refractivity contribution >= 4 is 23.1 Å². The molecule has 1 aromatic carbocycles. The van der Waals surface area contributed by atoms with Gasteiger partial charge < -0.3 is 10.4 Å². The van der Waals surface area contributed by atoms with E-state index in [4.69, 9.17) is 10.4 Å². The second kappa shape index (κ2) is 8.34. The molecule has 6 nitrogen and oxygen atoms in total. The molecule has 0 bridgehead atoms. The molecule has 0 saturated carbocycles. The third kappa shape index (κ3) is 4.77. The topological polar surface area (TPSA) is 99.2 Å². The lowest BCUT2D eigenvalue weighted by molar-refractivity contribution is -0.384. The fraction of sp³-hybridized carbons (Fsp3) is 0.417. The van der Waals surface area contributed by atoms with Crippen LogP contribution in [0.4, 0.5) is 11.4 Å². The third-order valence-electron chi connectivity index (χ3n) is 2.35. The van der Waals surface area contributed by atoms with E-state index in [1.54, 1.807) is 23.9 Å². The average Bonchev–Trinajstić information content (AvgIpc) is 2.42. The Labute approximate surface area is 115 Å². The van der Waals surface area contributed by atoms with Gasteiger partial charge in [-0.05, 0) is 24.3 Å². The zero-order valence-corrected chi connectivity index (χ0v) is 11.2. The van der Waals surface area contributed by atoms with E-state index in [1.807, 2.05) is 6.07 Å². The summed E-state index contributed by atoms with van der Waals surface area (Å²) in [7, 11) is 0. The number of benzene rings is 1. The molecule has 19 heavy (non-hydrogen) atoms. The molecule has 1 rings (SSSR count). The standard InChI is InChI=1S/C12H15N3O3S/c13-9-10-3-1-4-11(12(10)15(17)18)14-5-8-19-7-2-6-16/h1,3-4,14,16H,2,5-8H2. The van der Waals surface area contributed by atoms with Gasteiger partial charge in [0.15, 0.2) is 0 Å². The molecule has 102 valence electrons. The molecule has 0 radical (unpaired) electrons. The molecule has 0 atom stereocenters. The van der Waals surface area contributed by atoms with Crippen LogP contribution in [0.5, 0.6) is 0 Å². The van der Waals surface area contributed by atoms with Gasteiger partial charge in [-0.1, -0.05) is 6.07 Å². The highest BCUT2D eigenvalue weighted by Crippen LogP contribution is 2.27. The fourth-order valence-corrected chi connectivity index (χ4v) is 2.28. The van der Waals surface area contributed by atoms with Crippen LogP contribution in [-0.2, 0) is 0 Å². The van der Waals surface area contributed by atoms with Crippen molar-refractivity contribution in [2.45, 2.75) is 6.42 Å². The number of hydrogen-bond donors (Lipinski definition) is 2. The number of para-hydroxylation sites is 1. The number of aliphatic hydroxyl groups is 1. The maximum atomic E-state index is 11.0. The number of nitro benzene ring substituents is 1. The number of aliphatic hydroxyl groups excluding tert-OH is 1. The lowest BCUT2D eigenvalue weighted by Gasteiger charge is -2.07. The van der Waals surface area contributed by atoms with Gasteiger partial charge in [0, 0.05) is 18.9 Å². The number of nitrogens with one attached hydrogen (secondary N) is 1. The minimum atomic E-state index is -0.542. The maximum absolute atomic E-state index is 11.0. The van der Waals surface area contributed by atoms with Crippen molar-refractivity contribution in [3.63, 3.8) is 0 Å². The van der Waals surface area contributed by atoms with Crippen molar-refractivity contribution in [2.75, 3.05) is 30.0 Å². The quantitative estimate of drug-likeness (QED) is 0.429. The molecule has 0 heterocycles. The van der Waals surface area contributed by atoms with Crippen molar-refractivity contribution in [1.29, 1.82) is 5.26 Å². The Hall–Kier alpha value is -1.78. The molecule has 0 spiro atoms. The van der Waals surface area contributed by atoms with Crippen LogP contribution < -0.4 is 5.32 Å². The summed E-state index contributed by atoms with van der Waals surface area (Å²) in [5.74, 6) is 1.65. The summed E-state index contributed by atoms with van der Waals surface area (Å²) < 4.78 is 0. The predicted octanol–water partition coefficient (Wildman–Crippen LogP) is 1.99. The van der Waals surface area contributed by atoms with Gasteiger partial charge in [0.2, 0.25) is 0 Å². The van der Waals surface area contributed by atoms with Crippen LogP contribution in [0, 0.1) is 21.4 Å². The Kier molecular flexibility index (Phi) is 6.71. The highest BCUT2D eigenvalue weighted by atomic mass is 32.2. The van der Waals surface area contributed by atoms with Gasteiger partial charge in [-0.2, -0.15) is 17.0 Å². The molecule has 0 aliphatic carbocycles. The van der Waals surface area contributed by atoms with Gasteiger partial charge in [0.25, 0.3) is 0 Å². The molecule has 0 amide bonds. The molecule has 0 aromatic heterocycles. The number of anilines is 1. The van der Waals surface area contributed by atoms with Gasteiger partial charge in [-0.15, -0.1) is 0 Å². The minimum absolute atomic E-state index is 0.0583. The smallest absolute Gasteiger partial charge is 0.309 e. The molecular weight excluding hydrogens is 266 g/mol. The molecular formula is C12H15N3O3S. The second-order valence-electron chi connectivity index (χ2n) is 3.69. The van der Waals surface area contributed by atoms with Crippen LogP contribution in [0.3, 0.4) is 0 Å². The Morgan fingerprint density at radius 2 is 2.26 bits per heavy atom. The molecule has 1 aromatic rings. The van der Waals surface area contributed by atoms with E-state index in [0.717, 1.165) is 17.9 Å². The predicted molar refractivity (Wildman–Crippen MR) is 75.3 cm³/mol. The van der Waals surface area contributed by atoms with Crippen molar-refractivity contribution in [1.82, 2.24) is 0 Å². The molecule has 7 heteroatoms. The summed E-state index contributed by atoms with van der Waals surface area (Å²) in [6.45, 7) is 0.752. The summed E-state index contributed by atoms with van der Waals surface area (Å²) in [6.07, 6.45) is 0.745. The van der Waals surface area contributed by atoms with Crippen molar-refractivity contribution < 1.29 is 10.0 Å². The molecule has 0 aliphatic heterocycles. The molecule has 0 unspecified atom stereocenters. The number of hydrogen-bond acceptors (Lipinski definition) is 6. The zero-order chi connectivity index (χ0) is 14.1. The van der Waals surface area contributed by atoms with E-state index in [2.05, 4.69) is 5.32 Å². The van der Waals surface area contributed by atoms with Gasteiger partial charge in [-0.3, -0.25) is 10.1 Å². The number of rotatable bonds is 8. The van der Waals surface area contributed by atoms with E-state index in [9.17, 15) is 10.1 Å². The van der Waals surface area contributed by atoms with E-state index in [0.29, 0.717) is 12.2 Å². The zero-order valence-electron chi connectivity index (χ0n) is 10.3. The Bertz CT molecular complexity index is 474. The summed E-state index contributed by atoms with van der Waals surface area (Å²) in [5.41, 5.74) is 0.250. The number of nitro groups is 1. The van der Waals surface area contributed by atoms with E-state index in [1.165, 1.54) is 6.07 Å². The Morgan fingerprint density at radius 1 is 1.47 bits per heavy atom. The largest absolute Gasteiger partial charge is 0.396 e.